The van der Waals surface area contributed by atoms with Crippen LogP contribution in [0.4, 0.5) is 0 Å². The second-order valence-corrected chi connectivity index (χ2v) is 6.66. The van der Waals surface area contributed by atoms with E-state index in [1.807, 2.05) is 35.1 Å². The SMILES string of the molecule is Brc1ccc(/C=C(\Cn2ccnn2)c2ccc(Br)cc2)cc1. The standard InChI is InChI=1S/C17H13Br2N3/c18-16-5-1-13(2-6-16)11-15(12-22-10-9-20-21-22)14-3-7-17(19)8-4-14/h1-11H,12H2/b15-11+. The third-order valence-corrected chi connectivity index (χ3v) is 4.29. The molecule has 0 aliphatic carbocycles. The summed E-state index contributed by atoms with van der Waals surface area (Å²) >= 11 is 6.94. The van der Waals surface area contributed by atoms with Crippen LogP contribution in [0.5, 0.6) is 0 Å². The van der Waals surface area contributed by atoms with Gasteiger partial charge in [0, 0.05) is 15.1 Å². The monoisotopic (exact) mass is 417 g/mol. The Morgan fingerprint density at radius 1 is 0.955 bits per heavy atom. The third-order valence-electron chi connectivity index (χ3n) is 3.23. The fraction of sp³-hybridized carbons (Fsp3) is 0.0588. The lowest BCUT2D eigenvalue weighted by molar-refractivity contribution is 0.671. The molecule has 0 atom stereocenters. The summed E-state index contributed by atoms with van der Waals surface area (Å²) in [5.74, 6) is 0. The van der Waals surface area contributed by atoms with Crippen molar-refractivity contribution in [2.24, 2.45) is 0 Å². The van der Waals surface area contributed by atoms with Gasteiger partial charge in [0.1, 0.15) is 0 Å². The molecule has 5 heteroatoms. The Morgan fingerprint density at radius 2 is 1.59 bits per heavy atom. The molecule has 0 unspecified atom stereocenters. The fourth-order valence-corrected chi connectivity index (χ4v) is 2.66. The highest BCUT2D eigenvalue weighted by Crippen LogP contribution is 2.23. The molecule has 0 spiro atoms. The van der Waals surface area contributed by atoms with Gasteiger partial charge in [0.25, 0.3) is 0 Å². The lowest BCUT2D eigenvalue weighted by Gasteiger charge is -2.09. The van der Waals surface area contributed by atoms with Gasteiger partial charge in [-0.2, -0.15) is 0 Å². The molecule has 0 aliphatic heterocycles. The number of rotatable bonds is 4. The van der Waals surface area contributed by atoms with Gasteiger partial charge < -0.3 is 0 Å². The van der Waals surface area contributed by atoms with E-state index in [1.54, 1.807) is 6.20 Å². The Bertz CT molecular complexity index is 761. The highest BCUT2D eigenvalue weighted by atomic mass is 79.9. The summed E-state index contributed by atoms with van der Waals surface area (Å²) in [4.78, 5) is 0. The molecule has 1 aromatic heterocycles. The predicted molar refractivity (Wildman–Crippen MR) is 96.2 cm³/mol. The normalized spacial score (nSPS) is 11.6. The summed E-state index contributed by atoms with van der Waals surface area (Å²) in [6.45, 7) is 0.678. The van der Waals surface area contributed by atoms with E-state index in [1.165, 1.54) is 11.1 Å². The predicted octanol–water partition coefficient (Wildman–Crippen LogP) is 5.04. The van der Waals surface area contributed by atoms with Crippen molar-refractivity contribution in [3.05, 3.63) is 81.0 Å². The van der Waals surface area contributed by atoms with E-state index in [9.17, 15) is 0 Å². The van der Waals surface area contributed by atoms with E-state index in [4.69, 9.17) is 0 Å². The molecule has 1 heterocycles. The van der Waals surface area contributed by atoms with Crippen molar-refractivity contribution in [2.45, 2.75) is 6.54 Å². The molecule has 3 rings (SSSR count). The molecule has 0 saturated carbocycles. The molecular weight excluding hydrogens is 406 g/mol. The summed E-state index contributed by atoms with van der Waals surface area (Å²) in [5.41, 5.74) is 3.50. The summed E-state index contributed by atoms with van der Waals surface area (Å²) in [5, 5.41) is 7.94. The zero-order valence-corrected chi connectivity index (χ0v) is 14.8. The van der Waals surface area contributed by atoms with Crippen molar-refractivity contribution in [3.8, 4) is 0 Å². The number of nitrogens with zero attached hydrogens (tertiary/aromatic N) is 3. The number of aromatic nitrogens is 3. The number of hydrogen-bond acceptors (Lipinski definition) is 2. The maximum Gasteiger partial charge on any atom is 0.0693 e. The molecule has 0 bridgehead atoms. The molecule has 110 valence electrons. The third kappa shape index (κ3) is 3.93. The number of allylic oxidation sites excluding steroid dienone is 1. The first kappa shape index (κ1) is 15.2. The summed E-state index contributed by atoms with van der Waals surface area (Å²) in [7, 11) is 0. The molecule has 2 aromatic carbocycles. The summed E-state index contributed by atoms with van der Waals surface area (Å²) in [6.07, 6.45) is 5.74. The minimum Gasteiger partial charge on any atom is -0.248 e. The average molecular weight is 419 g/mol. The molecule has 0 radical (unpaired) electrons. The van der Waals surface area contributed by atoms with Gasteiger partial charge in [-0.25, -0.2) is 4.68 Å². The van der Waals surface area contributed by atoms with E-state index >= 15 is 0 Å². The zero-order chi connectivity index (χ0) is 15.4. The Hall–Kier alpha value is -1.72. The van der Waals surface area contributed by atoms with Gasteiger partial charge in [0.15, 0.2) is 0 Å². The van der Waals surface area contributed by atoms with Gasteiger partial charge in [-0.3, -0.25) is 0 Å². The van der Waals surface area contributed by atoms with Crippen LogP contribution in [-0.4, -0.2) is 15.0 Å². The molecule has 3 aromatic rings. The number of benzene rings is 2. The van der Waals surface area contributed by atoms with Crippen LogP contribution in [0.2, 0.25) is 0 Å². The fourth-order valence-electron chi connectivity index (χ4n) is 2.14. The van der Waals surface area contributed by atoms with Crippen LogP contribution in [0.25, 0.3) is 11.6 Å². The van der Waals surface area contributed by atoms with Crippen LogP contribution in [-0.2, 0) is 6.54 Å². The van der Waals surface area contributed by atoms with Crippen LogP contribution in [0.1, 0.15) is 11.1 Å². The van der Waals surface area contributed by atoms with Crippen LogP contribution >= 0.6 is 31.9 Å². The summed E-state index contributed by atoms with van der Waals surface area (Å²) < 4.78 is 3.97. The Morgan fingerprint density at radius 3 is 2.18 bits per heavy atom. The maximum absolute atomic E-state index is 4.06. The van der Waals surface area contributed by atoms with Crippen molar-refractivity contribution in [3.63, 3.8) is 0 Å². The highest BCUT2D eigenvalue weighted by molar-refractivity contribution is 9.10. The topological polar surface area (TPSA) is 30.7 Å². The van der Waals surface area contributed by atoms with Crippen LogP contribution in [0.3, 0.4) is 0 Å². The van der Waals surface area contributed by atoms with Crippen molar-refractivity contribution in [1.29, 1.82) is 0 Å². The number of hydrogen-bond donors (Lipinski definition) is 0. The van der Waals surface area contributed by atoms with E-state index < -0.39 is 0 Å². The second-order valence-electron chi connectivity index (χ2n) is 4.83. The van der Waals surface area contributed by atoms with Crippen LogP contribution in [0, 0.1) is 0 Å². The van der Waals surface area contributed by atoms with E-state index in [0.717, 1.165) is 14.5 Å². The first-order valence-corrected chi connectivity index (χ1v) is 8.35. The molecule has 22 heavy (non-hydrogen) atoms. The lowest BCUT2D eigenvalue weighted by atomic mass is 10.0. The largest absolute Gasteiger partial charge is 0.248 e. The first-order valence-electron chi connectivity index (χ1n) is 6.77. The molecule has 0 aliphatic rings. The molecular formula is C17H13Br2N3. The quantitative estimate of drug-likeness (QED) is 0.555. The average Bonchev–Trinajstić information content (AvgIpc) is 3.03. The van der Waals surface area contributed by atoms with Gasteiger partial charge >= 0.3 is 0 Å². The molecule has 0 amide bonds. The van der Waals surface area contributed by atoms with Gasteiger partial charge in [-0.15, -0.1) is 5.10 Å². The molecule has 3 nitrogen and oxygen atoms in total. The van der Waals surface area contributed by atoms with Gasteiger partial charge in [-0.05, 0) is 47.0 Å². The summed E-state index contributed by atoms with van der Waals surface area (Å²) in [6, 6.07) is 16.6. The van der Waals surface area contributed by atoms with Gasteiger partial charge in [0.2, 0.25) is 0 Å². The highest BCUT2D eigenvalue weighted by Gasteiger charge is 2.04. The molecule has 0 fully saturated rings. The first-order chi connectivity index (χ1) is 10.7. The van der Waals surface area contributed by atoms with E-state index in [-0.39, 0.29) is 0 Å². The Labute approximate surface area is 145 Å². The van der Waals surface area contributed by atoms with Crippen molar-refractivity contribution in [2.75, 3.05) is 0 Å². The minimum atomic E-state index is 0.678. The Kier molecular flexibility index (Phi) is 4.85. The zero-order valence-electron chi connectivity index (χ0n) is 11.7. The molecule has 0 saturated heterocycles. The maximum atomic E-state index is 4.06. The van der Waals surface area contributed by atoms with Crippen molar-refractivity contribution < 1.29 is 0 Å². The van der Waals surface area contributed by atoms with Gasteiger partial charge in [0.05, 0.1) is 12.7 Å². The minimum absolute atomic E-state index is 0.678. The molecule has 0 N–H and O–H groups in total. The van der Waals surface area contributed by atoms with Crippen molar-refractivity contribution >= 4 is 43.5 Å². The number of halogens is 2. The van der Waals surface area contributed by atoms with E-state index in [0.29, 0.717) is 6.54 Å². The van der Waals surface area contributed by atoms with Crippen LogP contribution < -0.4 is 0 Å². The van der Waals surface area contributed by atoms with E-state index in [2.05, 4.69) is 72.5 Å². The van der Waals surface area contributed by atoms with Crippen LogP contribution in [0.15, 0.2) is 69.9 Å². The second kappa shape index (κ2) is 7.03. The lowest BCUT2D eigenvalue weighted by Crippen LogP contribution is -2.01. The smallest absolute Gasteiger partial charge is 0.0693 e. The van der Waals surface area contributed by atoms with Crippen molar-refractivity contribution in [1.82, 2.24) is 15.0 Å². The van der Waals surface area contributed by atoms with Gasteiger partial charge in [-0.1, -0.05) is 61.3 Å². The Balaban J connectivity index is 1.98.